The summed E-state index contributed by atoms with van der Waals surface area (Å²) in [5.41, 5.74) is 2.12. The number of hydrogen-bond donors (Lipinski definition) is 1. The van der Waals surface area contributed by atoms with Gasteiger partial charge in [0.15, 0.2) is 0 Å². The Kier molecular flexibility index (Phi) is 6.40. The third-order valence-electron chi connectivity index (χ3n) is 4.46. The molecule has 0 aromatic heterocycles. The number of nitrogens with one attached hydrogen (secondary N) is 1. The fourth-order valence-corrected chi connectivity index (χ4v) is 4.45. The van der Waals surface area contributed by atoms with E-state index in [1.54, 1.807) is 16.4 Å². The third kappa shape index (κ3) is 3.98. The van der Waals surface area contributed by atoms with Crippen molar-refractivity contribution in [3.05, 3.63) is 54.6 Å². The molecular weight excluding hydrogens is 344 g/mol. The lowest BCUT2D eigenvalue weighted by atomic mass is 10.1. The maximum absolute atomic E-state index is 12.7. The quantitative estimate of drug-likeness (QED) is 0.904. The van der Waals surface area contributed by atoms with E-state index in [0.717, 1.165) is 24.0 Å². The first-order valence-corrected chi connectivity index (χ1v) is 9.38. The first kappa shape index (κ1) is 18.9. The lowest BCUT2D eigenvalue weighted by molar-refractivity contribution is 0.298. The number of hydrogen-bond acceptors (Lipinski definition) is 3. The van der Waals surface area contributed by atoms with Crippen LogP contribution < -0.4 is 5.32 Å². The van der Waals surface area contributed by atoms with E-state index in [1.165, 1.54) is 0 Å². The van der Waals surface area contributed by atoms with E-state index in [9.17, 15) is 8.42 Å². The van der Waals surface area contributed by atoms with E-state index in [1.807, 2.05) is 49.5 Å². The number of sulfonamides is 1. The van der Waals surface area contributed by atoms with Crippen molar-refractivity contribution in [3.8, 4) is 11.1 Å². The zero-order valence-corrected chi connectivity index (χ0v) is 15.3. The van der Waals surface area contributed by atoms with E-state index in [4.69, 9.17) is 0 Å². The minimum atomic E-state index is -3.39. The van der Waals surface area contributed by atoms with E-state index >= 15 is 0 Å². The number of rotatable bonds is 4. The molecule has 1 heterocycles. The Morgan fingerprint density at radius 2 is 1.46 bits per heavy atom. The van der Waals surface area contributed by atoms with Crippen LogP contribution in [0.15, 0.2) is 59.5 Å². The van der Waals surface area contributed by atoms with Crippen LogP contribution in [0.1, 0.15) is 12.8 Å². The molecule has 0 atom stereocenters. The maximum atomic E-state index is 12.7. The molecule has 0 amide bonds. The van der Waals surface area contributed by atoms with Gasteiger partial charge in [-0.25, -0.2) is 8.42 Å². The third-order valence-corrected chi connectivity index (χ3v) is 6.37. The lowest BCUT2D eigenvalue weighted by Crippen LogP contribution is -2.43. The highest BCUT2D eigenvalue weighted by Gasteiger charge is 2.28. The minimum absolute atomic E-state index is 0. The molecule has 6 heteroatoms. The average Bonchev–Trinajstić information content (AvgIpc) is 2.62. The van der Waals surface area contributed by atoms with Gasteiger partial charge in [0.05, 0.1) is 4.90 Å². The normalized spacial score (nSPS) is 16.5. The summed E-state index contributed by atoms with van der Waals surface area (Å²) in [5.74, 6) is 0. The van der Waals surface area contributed by atoms with Crippen LogP contribution >= 0.6 is 12.4 Å². The van der Waals surface area contributed by atoms with Gasteiger partial charge < -0.3 is 5.32 Å². The van der Waals surface area contributed by atoms with Gasteiger partial charge in [-0.05, 0) is 43.1 Å². The minimum Gasteiger partial charge on any atom is -0.317 e. The van der Waals surface area contributed by atoms with Gasteiger partial charge in [0, 0.05) is 19.1 Å². The van der Waals surface area contributed by atoms with Crippen molar-refractivity contribution in [2.75, 3.05) is 20.1 Å². The summed E-state index contributed by atoms with van der Waals surface area (Å²) in [5, 5.41) is 3.22. The molecule has 1 N–H and O–H groups in total. The number of benzene rings is 2. The first-order valence-electron chi connectivity index (χ1n) is 7.94. The van der Waals surface area contributed by atoms with E-state index < -0.39 is 10.0 Å². The zero-order valence-electron chi connectivity index (χ0n) is 13.7. The number of nitrogens with zero attached hydrogens (tertiary/aromatic N) is 1. The molecular formula is C18H23ClN2O2S. The predicted molar refractivity (Wildman–Crippen MR) is 100.0 cm³/mol. The molecule has 0 aliphatic carbocycles. The molecule has 2 aromatic rings. The van der Waals surface area contributed by atoms with Crippen molar-refractivity contribution in [1.29, 1.82) is 0 Å². The van der Waals surface area contributed by atoms with Crippen LogP contribution in [0.5, 0.6) is 0 Å². The Balaban J connectivity index is 0.00000208. The van der Waals surface area contributed by atoms with Crippen molar-refractivity contribution >= 4 is 22.4 Å². The van der Waals surface area contributed by atoms with Crippen molar-refractivity contribution in [3.63, 3.8) is 0 Å². The molecule has 3 rings (SSSR count). The molecule has 0 saturated carbocycles. The van der Waals surface area contributed by atoms with Crippen molar-refractivity contribution in [1.82, 2.24) is 9.62 Å². The SMILES string of the molecule is CNC1CCN(S(=O)(=O)c2ccc(-c3ccccc3)cc2)CC1.Cl. The summed E-state index contributed by atoms with van der Waals surface area (Å²) >= 11 is 0. The Labute approximate surface area is 150 Å². The predicted octanol–water partition coefficient (Wildman–Crippen LogP) is 3.15. The fraction of sp³-hybridized carbons (Fsp3) is 0.333. The second-order valence-corrected chi connectivity index (χ2v) is 7.80. The molecule has 0 radical (unpaired) electrons. The van der Waals surface area contributed by atoms with Crippen LogP contribution in [0, 0.1) is 0 Å². The Morgan fingerprint density at radius 3 is 2.00 bits per heavy atom. The van der Waals surface area contributed by atoms with Crippen LogP contribution in [-0.4, -0.2) is 38.9 Å². The second kappa shape index (κ2) is 8.12. The Hall–Kier alpha value is -1.40. The van der Waals surface area contributed by atoms with Gasteiger partial charge in [0.25, 0.3) is 0 Å². The molecule has 130 valence electrons. The Bertz CT molecular complexity index is 740. The summed E-state index contributed by atoms with van der Waals surface area (Å²) < 4.78 is 27.1. The van der Waals surface area contributed by atoms with Gasteiger partial charge in [-0.15, -0.1) is 12.4 Å². The number of halogens is 1. The molecule has 0 unspecified atom stereocenters. The van der Waals surface area contributed by atoms with E-state index in [-0.39, 0.29) is 12.4 Å². The molecule has 4 nitrogen and oxygen atoms in total. The van der Waals surface area contributed by atoms with Crippen LogP contribution in [0.2, 0.25) is 0 Å². The highest BCUT2D eigenvalue weighted by Crippen LogP contribution is 2.24. The summed E-state index contributed by atoms with van der Waals surface area (Å²) in [6.45, 7) is 1.16. The van der Waals surface area contributed by atoms with Gasteiger partial charge in [-0.2, -0.15) is 4.31 Å². The smallest absolute Gasteiger partial charge is 0.243 e. The topological polar surface area (TPSA) is 49.4 Å². The standard InChI is InChI=1S/C18H22N2O2S.ClH/c1-19-17-11-13-20(14-12-17)23(21,22)18-9-7-16(8-10-18)15-5-3-2-4-6-15;/h2-10,17,19H,11-14H2,1H3;1H. The monoisotopic (exact) mass is 366 g/mol. The van der Waals surface area contributed by atoms with Crippen LogP contribution in [0.4, 0.5) is 0 Å². The Morgan fingerprint density at radius 1 is 0.917 bits per heavy atom. The fourth-order valence-electron chi connectivity index (χ4n) is 2.98. The second-order valence-electron chi connectivity index (χ2n) is 5.86. The average molecular weight is 367 g/mol. The highest BCUT2D eigenvalue weighted by molar-refractivity contribution is 7.89. The van der Waals surface area contributed by atoms with Gasteiger partial charge in [-0.3, -0.25) is 0 Å². The molecule has 0 spiro atoms. The molecule has 1 aliphatic rings. The molecule has 24 heavy (non-hydrogen) atoms. The van der Waals surface area contributed by atoms with Crippen molar-refractivity contribution in [2.24, 2.45) is 0 Å². The molecule has 1 fully saturated rings. The largest absolute Gasteiger partial charge is 0.317 e. The van der Waals surface area contributed by atoms with Crippen LogP contribution in [-0.2, 0) is 10.0 Å². The molecule has 0 bridgehead atoms. The molecule has 1 aliphatic heterocycles. The summed E-state index contributed by atoms with van der Waals surface area (Å²) in [6, 6.07) is 17.6. The van der Waals surface area contributed by atoms with Gasteiger partial charge >= 0.3 is 0 Å². The van der Waals surface area contributed by atoms with Crippen molar-refractivity contribution < 1.29 is 8.42 Å². The van der Waals surface area contributed by atoms with Gasteiger partial charge in [0.2, 0.25) is 10.0 Å². The highest BCUT2D eigenvalue weighted by atomic mass is 35.5. The maximum Gasteiger partial charge on any atom is 0.243 e. The van der Waals surface area contributed by atoms with Gasteiger partial charge in [0.1, 0.15) is 0 Å². The van der Waals surface area contributed by atoms with Crippen LogP contribution in [0.25, 0.3) is 11.1 Å². The zero-order chi connectivity index (χ0) is 16.3. The molecule has 2 aromatic carbocycles. The lowest BCUT2D eigenvalue weighted by Gasteiger charge is -2.31. The number of piperidine rings is 1. The van der Waals surface area contributed by atoms with Crippen LogP contribution in [0.3, 0.4) is 0 Å². The van der Waals surface area contributed by atoms with Gasteiger partial charge in [-0.1, -0.05) is 42.5 Å². The summed E-state index contributed by atoms with van der Waals surface area (Å²) in [4.78, 5) is 0.375. The summed E-state index contributed by atoms with van der Waals surface area (Å²) in [7, 11) is -1.46. The molecule has 1 saturated heterocycles. The first-order chi connectivity index (χ1) is 11.1. The van der Waals surface area contributed by atoms with E-state index in [0.29, 0.717) is 24.0 Å². The summed E-state index contributed by atoms with van der Waals surface area (Å²) in [6.07, 6.45) is 1.72. The van der Waals surface area contributed by atoms with Crippen molar-refractivity contribution in [2.45, 2.75) is 23.8 Å². The van der Waals surface area contributed by atoms with E-state index in [2.05, 4.69) is 5.32 Å².